The monoisotopic (exact) mass is 224 g/mol. The Morgan fingerprint density at radius 3 is 2.75 bits per heavy atom. The minimum Gasteiger partial charge on any atom is -0.103 e. The fraction of sp³-hybridized carbons (Fsp3) is 0.714. The minimum atomic E-state index is 0.869. The largest absolute Gasteiger partial charge is 0.103 e. The van der Waals surface area contributed by atoms with Gasteiger partial charge in [0.05, 0.1) is 0 Å². The van der Waals surface area contributed by atoms with Crippen molar-refractivity contribution in [1.29, 1.82) is 0 Å². The highest BCUT2D eigenvalue weighted by Crippen LogP contribution is 2.08. The molecule has 0 aromatic carbocycles. The Hall–Kier alpha value is 0.470. The zero-order chi connectivity index (χ0) is 6.41. The summed E-state index contributed by atoms with van der Waals surface area (Å²) in [6.07, 6.45) is 4.46. The van der Waals surface area contributed by atoms with E-state index in [4.69, 9.17) is 0 Å². The molecule has 0 nitrogen and oxygen atoms in total. The fourth-order valence-electron chi connectivity index (χ4n) is 0.480. The van der Waals surface area contributed by atoms with E-state index < -0.39 is 0 Å². The van der Waals surface area contributed by atoms with Crippen molar-refractivity contribution in [1.82, 2.24) is 0 Å². The zero-order valence-electron chi connectivity index (χ0n) is 5.36. The average molecular weight is 224 g/mol. The van der Waals surface area contributed by atoms with Crippen molar-refractivity contribution in [3.05, 3.63) is 12.7 Å². The molecular formula is C7H13I. The average Bonchev–Trinajstić information content (AvgIpc) is 1.83. The first-order chi connectivity index (χ1) is 3.81. The molecule has 0 aromatic heterocycles. The van der Waals surface area contributed by atoms with Crippen LogP contribution in [0.15, 0.2) is 12.7 Å². The van der Waals surface area contributed by atoms with E-state index in [2.05, 4.69) is 36.1 Å². The van der Waals surface area contributed by atoms with Gasteiger partial charge in [0.25, 0.3) is 0 Å². The minimum absolute atomic E-state index is 0.869. The van der Waals surface area contributed by atoms with Gasteiger partial charge in [-0.15, -0.1) is 6.58 Å². The maximum atomic E-state index is 3.66. The Morgan fingerprint density at radius 1 is 1.75 bits per heavy atom. The molecule has 0 saturated heterocycles. The highest BCUT2D eigenvalue weighted by molar-refractivity contribution is 14.1. The SMILES string of the molecule is C=CCCC(C)CI. The van der Waals surface area contributed by atoms with Crippen molar-refractivity contribution in [2.24, 2.45) is 5.92 Å². The Balaban J connectivity index is 2.97. The normalized spacial score (nSPS) is 13.2. The summed E-state index contributed by atoms with van der Waals surface area (Å²) in [5.74, 6) is 0.869. The molecule has 0 aliphatic carbocycles. The van der Waals surface area contributed by atoms with Gasteiger partial charge in [-0.1, -0.05) is 35.6 Å². The molecule has 8 heavy (non-hydrogen) atoms. The summed E-state index contributed by atoms with van der Waals surface area (Å²) in [5, 5.41) is 0. The molecule has 48 valence electrons. The first-order valence-corrected chi connectivity index (χ1v) is 4.50. The van der Waals surface area contributed by atoms with Crippen molar-refractivity contribution in [3.63, 3.8) is 0 Å². The quantitative estimate of drug-likeness (QED) is 0.391. The Morgan fingerprint density at radius 2 is 2.38 bits per heavy atom. The van der Waals surface area contributed by atoms with Crippen LogP contribution in [0.1, 0.15) is 19.8 Å². The van der Waals surface area contributed by atoms with Gasteiger partial charge in [0.15, 0.2) is 0 Å². The van der Waals surface area contributed by atoms with Crippen molar-refractivity contribution in [3.8, 4) is 0 Å². The molecule has 0 bridgehead atoms. The number of alkyl halides is 1. The maximum Gasteiger partial charge on any atom is 0.00211 e. The molecule has 0 rings (SSSR count). The molecule has 0 aliphatic rings. The van der Waals surface area contributed by atoms with E-state index in [1.807, 2.05) is 6.08 Å². The number of hydrogen-bond acceptors (Lipinski definition) is 0. The van der Waals surface area contributed by atoms with Gasteiger partial charge < -0.3 is 0 Å². The van der Waals surface area contributed by atoms with Crippen molar-refractivity contribution in [2.75, 3.05) is 4.43 Å². The fourth-order valence-corrected chi connectivity index (χ4v) is 0.920. The second-order valence-electron chi connectivity index (χ2n) is 2.13. The van der Waals surface area contributed by atoms with Crippen LogP contribution in [0.5, 0.6) is 0 Å². The van der Waals surface area contributed by atoms with Crippen molar-refractivity contribution < 1.29 is 0 Å². The van der Waals surface area contributed by atoms with E-state index in [9.17, 15) is 0 Å². The summed E-state index contributed by atoms with van der Waals surface area (Å²) < 4.78 is 1.27. The van der Waals surface area contributed by atoms with Gasteiger partial charge >= 0.3 is 0 Å². The van der Waals surface area contributed by atoms with Crippen LogP contribution in [0.3, 0.4) is 0 Å². The number of hydrogen-bond donors (Lipinski definition) is 0. The molecule has 1 atom stereocenters. The number of allylic oxidation sites excluding steroid dienone is 1. The van der Waals surface area contributed by atoms with Gasteiger partial charge in [-0.25, -0.2) is 0 Å². The van der Waals surface area contributed by atoms with Gasteiger partial charge in [-0.3, -0.25) is 0 Å². The summed E-state index contributed by atoms with van der Waals surface area (Å²) in [6, 6.07) is 0. The highest BCUT2D eigenvalue weighted by atomic mass is 127. The second kappa shape index (κ2) is 5.60. The smallest absolute Gasteiger partial charge is 0.00211 e. The van der Waals surface area contributed by atoms with Crippen LogP contribution >= 0.6 is 22.6 Å². The molecule has 0 amide bonds. The third-order valence-electron chi connectivity index (χ3n) is 1.13. The lowest BCUT2D eigenvalue weighted by Gasteiger charge is -2.02. The molecule has 0 spiro atoms. The topological polar surface area (TPSA) is 0 Å². The lowest BCUT2D eigenvalue weighted by Crippen LogP contribution is -1.92. The Bertz CT molecular complexity index is 59.4. The second-order valence-corrected chi connectivity index (χ2v) is 3.01. The molecular weight excluding hydrogens is 211 g/mol. The van der Waals surface area contributed by atoms with Crippen LogP contribution in [0, 0.1) is 5.92 Å². The molecule has 0 heterocycles. The van der Waals surface area contributed by atoms with Crippen LogP contribution < -0.4 is 0 Å². The summed E-state index contributed by atoms with van der Waals surface area (Å²) in [5.41, 5.74) is 0. The molecule has 0 radical (unpaired) electrons. The van der Waals surface area contributed by atoms with Crippen LogP contribution in [-0.4, -0.2) is 4.43 Å². The molecule has 0 aliphatic heterocycles. The molecule has 0 fully saturated rings. The van der Waals surface area contributed by atoms with Crippen LogP contribution in [0.2, 0.25) is 0 Å². The Labute approximate surface area is 65.5 Å². The predicted molar refractivity (Wildman–Crippen MR) is 47.5 cm³/mol. The van der Waals surface area contributed by atoms with E-state index in [-0.39, 0.29) is 0 Å². The summed E-state index contributed by atoms with van der Waals surface area (Å²) in [6.45, 7) is 5.94. The number of halogens is 1. The third-order valence-corrected chi connectivity index (χ3v) is 2.63. The van der Waals surface area contributed by atoms with Crippen molar-refractivity contribution >= 4 is 22.6 Å². The highest BCUT2D eigenvalue weighted by Gasteiger charge is 1.94. The van der Waals surface area contributed by atoms with E-state index in [1.54, 1.807) is 0 Å². The van der Waals surface area contributed by atoms with Gasteiger partial charge in [-0.2, -0.15) is 0 Å². The van der Waals surface area contributed by atoms with E-state index in [1.165, 1.54) is 17.3 Å². The molecule has 0 aromatic rings. The molecule has 0 saturated carbocycles. The molecule has 0 N–H and O–H groups in total. The van der Waals surface area contributed by atoms with E-state index >= 15 is 0 Å². The van der Waals surface area contributed by atoms with Crippen LogP contribution in [0.4, 0.5) is 0 Å². The lowest BCUT2D eigenvalue weighted by molar-refractivity contribution is 0.612. The number of rotatable bonds is 4. The van der Waals surface area contributed by atoms with Gasteiger partial charge in [0, 0.05) is 4.43 Å². The Kier molecular flexibility index (Phi) is 5.93. The first kappa shape index (κ1) is 8.47. The van der Waals surface area contributed by atoms with Crippen LogP contribution in [0.25, 0.3) is 0 Å². The summed E-state index contributed by atoms with van der Waals surface area (Å²) in [7, 11) is 0. The molecule has 1 unspecified atom stereocenters. The lowest BCUT2D eigenvalue weighted by atomic mass is 10.1. The summed E-state index contributed by atoms with van der Waals surface area (Å²) in [4.78, 5) is 0. The van der Waals surface area contributed by atoms with Crippen molar-refractivity contribution in [2.45, 2.75) is 19.8 Å². The standard InChI is InChI=1S/C7H13I/c1-3-4-5-7(2)6-8/h3,7H,1,4-6H2,2H3. The third kappa shape index (κ3) is 4.62. The van der Waals surface area contributed by atoms with Gasteiger partial charge in [0.2, 0.25) is 0 Å². The zero-order valence-corrected chi connectivity index (χ0v) is 7.52. The van der Waals surface area contributed by atoms with Gasteiger partial charge in [-0.05, 0) is 18.8 Å². The predicted octanol–water partition coefficient (Wildman–Crippen LogP) is 3.02. The maximum absolute atomic E-state index is 3.66. The summed E-state index contributed by atoms with van der Waals surface area (Å²) >= 11 is 2.42. The first-order valence-electron chi connectivity index (χ1n) is 2.98. The van der Waals surface area contributed by atoms with Gasteiger partial charge in [0.1, 0.15) is 0 Å². The van der Waals surface area contributed by atoms with Crippen LogP contribution in [-0.2, 0) is 0 Å². The molecule has 1 heteroatoms. The van der Waals surface area contributed by atoms with E-state index in [0.29, 0.717) is 0 Å². The van der Waals surface area contributed by atoms with E-state index in [0.717, 1.165) is 5.92 Å².